The van der Waals surface area contributed by atoms with E-state index in [1.807, 2.05) is 18.2 Å². The molecule has 2 aromatic carbocycles. The number of nitrogens with zero attached hydrogens (tertiary/aromatic N) is 3. The first-order valence-corrected chi connectivity index (χ1v) is 7.22. The van der Waals surface area contributed by atoms with Crippen molar-refractivity contribution in [1.82, 2.24) is 15.0 Å². The van der Waals surface area contributed by atoms with Gasteiger partial charge in [-0.05, 0) is 37.3 Å². The molecule has 0 spiro atoms. The predicted octanol–water partition coefficient (Wildman–Crippen LogP) is 2.98. The lowest BCUT2D eigenvalue weighted by Gasteiger charge is -2.06. The number of aromatic nitrogens is 3. The van der Waals surface area contributed by atoms with Gasteiger partial charge in [-0.1, -0.05) is 17.3 Å². The van der Waals surface area contributed by atoms with Crippen LogP contribution in [0.2, 0.25) is 0 Å². The molecule has 3 rings (SSSR count). The zero-order valence-corrected chi connectivity index (χ0v) is 13.2. The van der Waals surface area contributed by atoms with Crippen molar-refractivity contribution in [3.63, 3.8) is 0 Å². The molecule has 0 aliphatic heterocycles. The van der Waals surface area contributed by atoms with E-state index < -0.39 is 11.7 Å². The van der Waals surface area contributed by atoms with Crippen molar-refractivity contribution in [2.24, 2.45) is 0 Å². The smallest absolute Gasteiger partial charge is 0.278 e. The van der Waals surface area contributed by atoms with Crippen molar-refractivity contribution in [2.75, 3.05) is 12.4 Å². The maximum atomic E-state index is 13.2. The SMILES string of the molecule is COc1cccc(-n2nnc(C(=O)Nc3cccc(F)c3)c2C)c1. The molecule has 7 heteroatoms. The van der Waals surface area contributed by atoms with Gasteiger partial charge < -0.3 is 10.1 Å². The number of carbonyl (C=O) groups is 1. The summed E-state index contributed by atoms with van der Waals surface area (Å²) in [6.07, 6.45) is 0. The number of nitrogens with one attached hydrogen (secondary N) is 1. The molecule has 1 heterocycles. The van der Waals surface area contributed by atoms with Gasteiger partial charge in [-0.25, -0.2) is 9.07 Å². The van der Waals surface area contributed by atoms with Gasteiger partial charge >= 0.3 is 0 Å². The monoisotopic (exact) mass is 326 g/mol. The number of hydrogen-bond donors (Lipinski definition) is 1. The van der Waals surface area contributed by atoms with E-state index in [9.17, 15) is 9.18 Å². The van der Waals surface area contributed by atoms with Gasteiger partial charge in [0.05, 0.1) is 18.5 Å². The Morgan fingerprint density at radius 2 is 2.00 bits per heavy atom. The van der Waals surface area contributed by atoms with Gasteiger partial charge in [-0.2, -0.15) is 0 Å². The van der Waals surface area contributed by atoms with E-state index in [4.69, 9.17) is 4.74 Å². The van der Waals surface area contributed by atoms with Gasteiger partial charge in [0.15, 0.2) is 5.69 Å². The molecule has 0 aliphatic rings. The number of rotatable bonds is 4. The summed E-state index contributed by atoms with van der Waals surface area (Å²) in [6, 6.07) is 12.9. The van der Waals surface area contributed by atoms with Crippen LogP contribution in [-0.2, 0) is 0 Å². The second-order valence-electron chi connectivity index (χ2n) is 5.10. The molecule has 1 N–H and O–H groups in total. The summed E-state index contributed by atoms with van der Waals surface area (Å²) >= 11 is 0. The van der Waals surface area contributed by atoms with E-state index in [0.29, 0.717) is 17.1 Å². The first kappa shape index (κ1) is 15.7. The van der Waals surface area contributed by atoms with Crippen molar-refractivity contribution in [2.45, 2.75) is 6.92 Å². The van der Waals surface area contributed by atoms with E-state index in [0.717, 1.165) is 5.69 Å². The molecule has 1 amide bonds. The molecule has 0 radical (unpaired) electrons. The van der Waals surface area contributed by atoms with Crippen molar-refractivity contribution in [3.8, 4) is 11.4 Å². The van der Waals surface area contributed by atoms with Crippen molar-refractivity contribution in [1.29, 1.82) is 0 Å². The highest BCUT2D eigenvalue weighted by Gasteiger charge is 2.18. The quantitative estimate of drug-likeness (QED) is 0.800. The second kappa shape index (κ2) is 6.49. The number of hydrogen-bond acceptors (Lipinski definition) is 4. The van der Waals surface area contributed by atoms with Crippen LogP contribution in [0.15, 0.2) is 48.5 Å². The van der Waals surface area contributed by atoms with Crippen LogP contribution >= 0.6 is 0 Å². The first-order valence-electron chi connectivity index (χ1n) is 7.22. The number of halogens is 1. The molecule has 24 heavy (non-hydrogen) atoms. The molecule has 0 saturated heterocycles. The second-order valence-corrected chi connectivity index (χ2v) is 5.10. The minimum Gasteiger partial charge on any atom is -0.497 e. The van der Waals surface area contributed by atoms with Crippen LogP contribution in [0.4, 0.5) is 10.1 Å². The van der Waals surface area contributed by atoms with Crippen LogP contribution in [0.5, 0.6) is 5.75 Å². The number of carbonyl (C=O) groups excluding carboxylic acids is 1. The Morgan fingerprint density at radius 3 is 2.75 bits per heavy atom. The fourth-order valence-electron chi connectivity index (χ4n) is 2.28. The Labute approximate surface area is 137 Å². The van der Waals surface area contributed by atoms with E-state index >= 15 is 0 Å². The molecule has 6 nitrogen and oxygen atoms in total. The summed E-state index contributed by atoms with van der Waals surface area (Å²) < 4.78 is 19.9. The summed E-state index contributed by atoms with van der Waals surface area (Å²) in [5.41, 5.74) is 1.82. The molecule has 122 valence electrons. The summed E-state index contributed by atoms with van der Waals surface area (Å²) in [4.78, 5) is 12.3. The van der Waals surface area contributed by atoms with Crippen molar-refractivity contribution in [3.05, 3.63) is 65.7 Å². The predicted molar refractivity (Wildman–Crippen MR) is 87.0 cm³/mol. The summed E-state index contributed by atoms with van der Waals surface area (Å²) in [7, 11) is 1.57. The highest BCUT2D eigenvalue weighted by Crippen LogP contribution is 2.19. The third-order valence-electron chi connectivity index (χ3n) is 3.49. The average molecular weight is 326 g/mol. The number of methoxy groups -OCH3 is 1. The molecule has 0 saturated carbocycles. The third-order valence-corrected chi connectivity index (χ3v) is 3.49. The van der Waals surface area contributed by atoms with Gasteiger partial charge in [0.25, 0.3) is 5.91 Å². The molecule has 0 unspecified atom stereocenters. The molecular weight excluding hydrogens is 311 g/mol. The van der Waals surface area contributed by atoms with Gasteiger partial charge in [0.2, 0.25) is 0 Å². The Hall–Kier alpha value is -3.22. The molecule has 0 atom stereocenters. The standard InChI is InChI=1S/C17H15FN4O2/c1-11-16(17(23)19-13-6-3-5-12(18)9-13)20-21-22(11)14-7-4-8-15(10-14)24-2/h3-10H,1-2H3,(H,19,23). The minimum absolute atomic E-state index is 0.169. The third kappa shape index (κ3) is 3.10. The Bertz CT molecular complexity index is 892. The van der Waals surface area contributed by atoms with Crippen LogP contribution < -0.4 is 10.1 Å². The number of amides is 1. The fraction of sp³-hybridized carbons (Fsp3) is 0.118. The van der Waals surface area contributed by atoms with Crippen molar-refractivity contribution < 1.29 is 13.9 Å². The highest BCUT2D eigenvalue weighted by atomic mass is 19.1. The minimum atomic E-state index is -0.452. The van der Waals surface area contributed by atoms with E-state index in [2.05, 4.69) is 15.6 Å². The lowest BCUT2D eigenvalue weighted by molar-refractivity contribution is 0.102. The van der Waals surface area contributed by atoms with Gasteiger partial charge in [-0.15, -0.1) is 5.10 Å². The molecule has 0 bridgehead atoms. The maximum absolute atomic E-state index is 13.2. The molecule has 0 aliphatic carbocycles. The maximum Gasteiger partial charge on any atom is 0.278 e. The average Bonchev–Trinajstić information content (AvgIpc) is 2.96. The van der Waals surface area contributed by atoms with E-state index in [-0.39, 0.29) is 5.69 Å². The van der Waals surface area contributed by atoms with Crippen LogP contribution in [-0.4, -0.2) is 28.0 Å². The normalized spacial score (nSPS) is 10.5. The van der Waals surface area contributed by atoms with E-state index in [1.165, 1.54) is 18.2 Å². The van der Waals surface area contributed by atoms with Crippen LogP contribution in [0.25, 0.3) is 5.69 Å². The molecule has 3 aromatic rings. The topological polar surface area (TPSA) is 69.0 Å². The Kier molecular flexibility index (Phi) is 4.24. The lowest BCUT2D eigenvalue weighted by atomic mass is 10.2. The zero-order chi connectivity index (χ0) is 17.1. The number of benzene rings is 2. The van der Waals surface area contributed by atoms with Gasteiger partial charge in [-0.3, -0.25) is 4.79 Å². The molecule has 0 fully saturated rings. The Morgan fingerprint density at radius 1 is 1.21 bits per heavy atom. The zero-order valence-electron chi connectivity index (χ0n) is 13.2. The summed E-state index contributed by atoms with van der Waals surface area (Å²) in [5, 5.41) is 10.6. The van der Waals surface area contributed by atoms with Crippen LogP contribution in [0.1, 0.15) is 16.2 Å². The lowest BCUT2D eigenvalue weighted by Crippen LogP contribution is -2.14. The number of anilines is 1. The number of ether oxygens (including phenoxy) is 1. The Balaban J connectivity index is 1.87. The van der Waals surface area contributed by atoms with Crippen molar-refractivity contribution >= 4 is 11.6 Å². The fourth-order valence-corrected chi connectivity index (χ4v) is 2.28. The first-order chi connectivity index (χ1) is 11.6. The molecule has 1 aromatic heterocycles. The van der Waals surface area contributed by atoms with Gasteiger partial charge in [0.1, 0.15) is 11.6 Å². The largest absolute Gasteiger partial charge is 0.497 e. The summed E-state index contributed by atoms with van der Waals surface area (Å²) in [6.45, 7) is 1.74. The van der Waals surface area contributed by atoms with Gasteiger partial charge in [0, 0.05) is 11.8 Å². The van der Waals surface area contributed by atoms with Crippen LogP contribution in [0.3, 0.4) is 0 Å². The highest BCUT2D eigenvalue weighted by molar-refractivity contribution is 6.03. The summed E-state index contributed by atoms with van der Waals surface area (Å²) in [5.74, 6) is -0.204. The van der Waals surface area contributed by atoms with Crippen LogP contribution in [0, 0.1) is 12.7 Å². The molecular formula is C17H15FN4O2. The van der Waals surface area contributed by atoms with E-state index in [1.54, 1.807) is 30.8 Å².